The Morgan fingerprint density at radius 2 is 2.16 bits per heavy atom. The molecule has 1 aliphatic heterocycles. The standard InChI is InChI=1S/C18H18ClF3N6O4/c19-10-5-12-7-24-14(9-28(12)8-10)15(29)25-11-1-2-13(23-6-11)16-26-27-17(32-16)30-3-4-31-18(20,21)22/h5,7-9,11,13,23H,1-4,6H2,(H,25,29)/t11-,13+/m0/s1. The maximum atomic E-state index is 12.5. The molecule has 0 radical (unpaired) electrons. The van der Waals surface area contributed by atoms with E-state index in [1.807, 2.05) is 0 Å². The quantitative estimate of drug-likeness (QED) is 0.502. The van der Waals surface area contributed by atoms with Gasteiger partial charge in [0.25, 0.3) is 5.91 Å². The van der Waals surface area contributed by atoms with E-state index in [9.17, 15) is 18.0 Å². The number of ether oxygens (including phenoxy) is 2. The molecule has 1 fully saturated rings. The molecule has 0 spiro atoms. The van der Waals surface area contributed by atoms with Crippen LogP contribution in [0.4, 0.5) is 13.2 Å². The van der Waals surface area contributed by atoms with Crippen molar-refractivity contribution in [3.63, 3.8) is 0 Å². The molecule has 0 saturated carbocycles. The molecule has 172 valence electrons. The first-order valence-corrected chi connectivity index (χ1v) is 9.99. The van der Waals surface area contributed by atoms with Crippen LogP contribution >= 0.6 is 11.6 Å². The highest BCUT2D eigenvalue weighted by molar-refractivity contribution is 6.31. The summed E-state index contributed by atoms with van der Waals surface area (Å²) in [6, 6.07) is 1.34. The summed E-state index contributed by atoms with van der Waals surface area (Å²) in [7, 11) is 0. The van der Waals surface area contributed by atoms with Gasteiger partial charge in [0.15, 0.2) is 0 Å². The third-order valence-corrected chi connectivity index (χ3v) is 4.93. The van der Waals surface area contributed by atoms with Crippen molar-refractivity contribution in [2.45, 2.75) is 31.3 Å². The molecule has 10 nitrogen and oxygen atoms in total. The summed E-state index contributed by atoms with van der Waals surface area (Å²) in [6.45, 7) is -0.627. The predicted molar refractivity (Wildman–Crippen MR) is 103 cm³/mol. The summed E-state index contributed by atoms with van der Waals surface area (Å²) in [6.07, 6.45) is 1.13. The van der Waals surface area contributed by atoms with Crippen LogP contribution in [0.25, 0.3) is 5.52 Å². The Kier molecular flexibility index (Phi) is 6.48. The molecule has 32 heavy (non-hydrogen) atoms. The van der Waals surface area contributed by atoms with Gasteiger partial charge in [-0.1, -0.05) is 16.7 Å². The van der Waals surface area contributed by atoms with Gasteiger partial charge in [-0.3, -0.25) is 9.53 Å². The normalized spacial score (nSPS) is 19.2. The van der Waals surface area contributed by atoms with Crippen molar-refractivity contribution in [3.8, 4) is 6.08 Å². The van der Waals surface area contributed by atoms with Crippen molar-refractivity contribution in [2.24, 2.45) is 0 Å². The Morgan fingerprint density at radius 3 is 2.91 bits per heavy atom. The van der Waals surface area contributed by atoms with Gasteiger partial charge >= 0.3 is 12.4 Å². The van der Waals surface area contributed by atoms with E-state index in [0.29, 0.717) is 24.4 Å². The number of piperidine rings is 1. The molecule has 2 N–H and O–H groups in total. The van der Waals surface area contributed by atoms with Gasteiger partial charge in [0.2, 0.25) is 5.89 Å². The van der Waals surface area contributed by atoms with E-state index >= 15 is 0 Å². The van der Waals surface area contributed by atoms with Crippen molar-refractivity contribution in [1.82, 2.24) is 30.2 Å². The Bertz CT molecular complexity index is 1080. The lowest BCUT2D eigenvalue weighted by atomic mass is 10.0. The highest BCUT2D eigenvalue weighted by atomic mass is 35.5. The van der Waals surface area contributed by atoms with Gasteiger partial charge in [0.1, 0.15) is 12.3 Å². The maximum absolute atomic E-state index is 12.5. The third-order valence-electron chi connectivity index (χ3n) is 4.72. The number of amides is 1. The van der Waals surface area contributed by atoms with E-state index in [1.54, 1.807) is 29.1 Å². The summed E-state index contributed by atoms with van der Waals surface area (Å²) < 4.78 is 51.4. The highest BCUT2D eigenvalue weighted by Gasteiger charge is 2.29. The van der Waals surface area contributed by atoms with Gasteiger partial charge in [-0.2, -0.15) is 0 Å². The van der Waals surface area contributed by atoms with E-state index in [4.69, 9.17) is 20.8 Å². The first kappa shape index (κ1) is 22.3. The molecule has 2 atom stereocenters. The fourth-order valence-corrected chi connectivity index (χ4v) is 3.47. The summed E-state index contributed by atoms with van der Waals surface area (Å²) >= 11 is 5.96. The monoisotopic (exact) mass is 474 g/mol. The van der Waals surface area contributed by atoms with E-state index < -0.39 is 13.0 Å². The summed E-state index contributed by atoms with van der Waals surface area (Å²) in [5, 5.41) is 14.2. The lowest BCUT2D eigenvalue weighted by Gasteiger charge is -2.28. The van der Waals surface area contributed by atoms with Crippen LogP contribution in [0.3, 0.4) is 0 Å². The fraction of sp³-hybridized carbons (Fsp3) is 0.444. The minimum absolute atomic E-state index is 0.136. The second-order valence-corrected chi connectivity index (χ2v) is 7.46. The smallest absolute Gasteiger partial charge is 0.447 e. The van der Waals surface area contributed by atoms with Crippen LogP contribution < -0.4 is 15.4 Å². The van der Waals surface area contributed by atoms with Crippen molar-refractivity contribution in [3.05, 3.63) is 41.3 Å². The minimum Gasteiger partial charge on any atom is -0.447 e. The Hall–Kier alpha value is -2.90. The van der Waals surface area contributed by atoms with E-state index in [2.05, 4.69) is 30.6 Å². The average Bonchev–Trinajstić information content (AvgIpc) is 3.36. The molecule has 0 unspecified atom stereocenters. The van der Waals surface area contributed by atoms with Crippen LogP contribution in [0, 0.1) is 0 Å². The van der Waals surface area contributed by atoms with Crippen LogP contribution in [0.15, 0.2) is 29.1 Å². The van der Waals surface area contributed by atoms with Gasteiger partial charge in [-0.15, -0.1) is 18.3 Å². The summed E-state index contributed by atoms with van der Waals surface area (Å²) in [5.74, 6) is -0.0605. The molecule has 0 aliphatic carbocycles. The number of carbonyl (C=O) groups excluding carboxylic acids is 1. The summed E-state index contributed by atoms with van der Waals surface area (Å²) in [5.41, 5.74) is 1.05. The second kappa shape index (κ2) is 9.30. The molecule has 0 bridgehead atoms. The zero-order valence-corrected chi connectivity index (χ0v) is 17.2. The van der Waals surface area contributed by atoms with Crippen LogP contribution in [0.5, 0.6) is 6.08 Å². The lowest BCUT2D eigenvalue weighted by Crippen LogP contribution is -2.47. The number of hydrogen-bond acceptors (Lipinski definition) is 8. The number of hydrogen-bond donors (Lipinski definition) is 2. The number of fused-ring (bicyclic) bond motifs is 1. The zero-order valence-electron chi connectivity index (χ0n) is 16.4. The Morgan fingerprint density at radius 1 is 1.31 bits per heavy atom. The second-order valence-electron chi connectivity index (χ2n) is 7.02. The van der Waals surface area contributed by atoms with Crippen LogP contribution in [0.2, 0.25) is 5.02 Å². The molecule has 4 heterocycles. The van der Waals surface area contributed by atoms with Crippen molar-refractivity contribution in [1.29, 1.82) is 0 Å². The SMILES string of the molecule is O=C(N[C@H]1CC[C@H](c2nnc(OCCOC(F)(F)F)o2)NC1)c1cn2cc(Cl)cc2cn1. The molecule has 1 amide bonds. The van der Waals surface area contributed by atoms with Crippen molar-refractivity contribution >= 4 is 23.0 Å². The molecule has 1 aliphatic rings. The van der Waals surface area contributed by atoms with Crippen LogP contribution in [-0.2, 0) is 4.74 Å². The molecular weight excluding hydrogens is 457 g/mol. The number of rotatable bonds is 7. The first-order chi connectivity index (χ1) is 15.3. The van der Waals surface area contributed by atoms with Gasteiger partial charge < -0.3 is 24.2 Å². The number of alkyl halides is 3. The Balaban J connectivity index is 1.24. The molecule has 3 aromatic rings. The largest absolute Gasteiger partial charge is 0.522 e. The van der Waals surface area contributed by atoms with E-state index in [1.165, 1.54) is 0 Å². The van der Waals surface area contributed by atoms with E-state index in [0.717, 1.165) is 5.52 Å². The minimum atomic E-state index is -4.72. The maximum Gasteiger partial charge on any atom is 0.522 e. The van der Waals surface area contributed by atoms with Gasteiger partial charge in [-0.25, -0.2) is 4.98 Å². The molecular formula is C18H18ClF3N6O4. The fourth-order valence-electron chi connectivity index (χ4n) is 3.25. The molecule has 4 rings (SSSR count). The third kappa shape index (κ3) is 5.66. The number of aromatic nitrogens is 4. The molecule has 1 saturated heterocycles. The summed E-state index contributed by atoms with van der Waals surface area (Å²) in [4.78, 5) is 16.7. The molecule has 0 aromatic carbocycles. The van der Waals surface area contributed by atoms with Gasteiger partial charge in [-0.05, 0) is 18.9 Å². The van der Waals surface area contributed by atoms with Gasteiger partial charge in [0, 0.05) is 25.0 Å². The topological polar surface area (TPSA) is 116 Å². The number of nitrogens with zero attached hydrogens (tertiary/aromatic N) is 4. The van der Waals surface area contributed by atoms with Crippen LogP contribution in [-0.4, -0.2) is 57.7 Å². The molecule has 14 heteroatoms. The number of nitrogens with one attached hydrogen (secondary N) is 2. The van der Waals surface area contributed by atoms with Gasteiger partial charge in [0.05, 0.1) is 29.4 Å². The number of carbonyl (C=O) groups is 1. The van der Waals surface area contributed by atoms with Crippen molar-refractivity contribution in [2.75, 3.05) is 19.8 Å². The van der Waals surface area contributed by atoms with Crippen LogP contribution in [0.1, 0.15) is 35.3 Å². The van der Waals surface area contributed by atoms with E-state index in [-0.39, 0.29) is 42.3 Å². The average molecular weight is 475 g/mol. The number of halogens is 4. The lowest BCUT2D eigenvalue weighted by molar-refractivity contribution is -0.325. The zero-order chi connectivity index (χ0) is 22.7. The Labute approximate surface area is 184 Å². The predicted octanol–water partition coefficient (Wildman–Crippen LogP) is 2.51. The first-order valence-electron chi connectivity index (χ1n) is 9.61. The van der Waals surface area contributed by atoms with Crippen molar-refractivity contribution < 1.29 is 31.9 Å². The highest BCUT2D eigenvalue weighted by Crippen LogP contribution is 2.24. The molecule has 3 aromatic heterocycles.